The van der Waals surface area contributed by atoms with Gasteiger partial charge in [-0.25, -0.2) is 8.42 Å². The van der Waals surface area contributed by atoms with Crippen LogP contribution >= 0.6 is 0 Å². The summed E-state index contributed by atoms with van der Waals surface area (Å²) in [5, 5.41) is 2.73. The summed E-state index contributed by atoms with van der Waals surface area (Å²) >= 11 is 0. The van der Waals surface area contributed by atoms with Crippen molar-refractivity contribution in [2.75, 3.05) is 31.1 Å². The van der Waals surface area contributed by atoms with E-state index in [0.29, 0.717) is 42.0 Å². The summed E-state index contributed by atoms with van der Waals surface area (Å²) in [6.45, 7) is 4.54. The zero-order valence-corrected chi connectivity index (χ0v) is 17.1. The molecule has 0 radical (unpaired) electrons. The van der Waals surface area contributed by atoms with Crippen LogP contribution in [0, 0.1) is 0 Å². The van der Waals surface area contributed by atoms with Crippen molar-refractivity contribution in [1.29, 1.82) is 0 Å². The number of sulfonamides is 1. The minimum Gasteiger partial charge on any atom is -0.385 e. The van der Waals surface area contributed by atoms with Gasteiger partial charge in [0.1, 0.15) is 0 Å². The summed E-state index contributed by atoms with van der Waals surface area (Å²) in [6.07, 6.45) is 2.10. The van der Waals surface area contributed by atoms with E-state index < -0.39 is 15.9 Å². The van der Waals surface area contributed by atoms with Gasteiger partial charge in [-0.3, -0.25) is 9.10 Å². The third-order valence-corrected chi connectivity index (χ3v) is 6.42. The average molecular weight is 413 g/mol. The number of fused-ring (bicyclic) bond motifs is 1. The molecule has 0 unspecified atom stereocenters. The molecule has 152 valence electrons. The van der Waals surface area contributed by atoms with Gasteiger partial charge in [0, 0.05) is 31.4 Å². The summed E-state index contributed by atoms with van der Waals surface area (Å²) in [6, 6.07) is 16.3. The number of para-hydroxylation sites is 1. The molecular weight excluding hydrogens is 388 g/mol. The molecule has 0 atom stereocenters. The largest absolute Gasteiger partial charge is 0.385 e. The summed E-state index contributed by atoms with van der Waals surface area (Å²) in [5.74, 6) is -0.622. The number of carbonyl (C=O) groups excluding carboxylic acids is 1. The zero-order valence-electron chi connectivity index (χ0n) is 16.3. The lowest BCUT2D eigenvalue weighted by Crippen LogP contribution is -2.41. The highest BCUT2D eigenvalue weighted by Crippen LogP contribution is 2.42. The molecule has 1 amide bonds. The highest BCUT2D eigenvalue weighted by Gasteiger charge is 2.40. The van der Waals surface area contributed by atoms with Crippen LogP contribution in [0.1, 0.15) is 17.5 Å². The lowest BCUT2D eigenvalue weighted by Gasteiger charge is -2.32. The van der Waals surface area contributed by atoms with Crippen molar-refractivity contribution < 1.29 is 17.9 Å². The second kappa shape index (κ2) is 9.07. The molecule has 2 aromatic carbocycles. The summed E-state index contributed by atoms with van der Waals surface area (Å²) in [4.78, 5) is 12.8. The highest BCUT2D eigenvalue weighted by molar-refractivity contribution is 7.97. The third-order valence-electron chi connectivity index (χ3n) is 4.59. The Balaban J connectivity index is 2.22. The van der Waals surface area contributed by atoms with E-state index >= 15 is 0 Å². The number of rotatable bonds is 8. The number of anilines is 1. The van der Waals surface area contributed by atoms with Crippen molar-refractivity contribution in [3.05, 3.63) is 83.3 Å². The molecule has 6 nitrogen and oxygen atoms in total. The van der Waals surface area contributed by atoms with E-state index in [9.17, 15) is 13.2 Å². The highest BCUT2D eigenvalue weighted by atomic mass is 32.2. The second-order valence-electron chi connectivity index (χ2n) is 6.51. The molecule has 0 aromatic heterocycles. The lowest BCUT2D eigenvalue weighted by atomic mass is 9.95. The Morgan fingerprint density at radius 2 is 1.83 bits per heavy atom. The summed E-state index contributed by atoms with van der Waals surface area (Å²) < 4.78 is 33.3. The SMILES string of the molecule is C=CCN1c2ccccc2C(c2ccccc2)=C(C(=O)NCCCOC)S1(=O)=O. The minimum atomic E-state index is -4.08. The standard InChI is InChI=1S/C22H24N2O4S/c1-3-15-24-19-13-8-7-12-18(19)20(17-10-5-4-6-11-17)21(29(24,26)27)22(25)23-14-9-16-28-2/h3-8,10-13H,1,9,14-16H2,2H3,(H,23,25). The molecule has 3 rings (SSSR count). The monoisotopic (exact) mass is 412 g/mol. The average Bonchev–Trinajstić information content (AvgIpc) is 2.73. The van der Waals surface area contributed by atoms with Gasteiger partial charge in [-0.05, 0) is 18.1 Å². The first-order valence-corrected chi connectivity index (χ1v) is 10.8. The number of nitrogens with one attached hydrogen (secondary N) is 1. The Labute approximate surface area is 171 Å². The molecule has 1 heterocycles. The van der Waals surface area contributed by atoms with Crippen LogP contribution < -0.4 is 9.62 Å². The Morgan fingerprint density at radius 3 is 2.52 bits per heavy atom. The first kappa shape index (κ1) is 20.8. The van der Waals surface area contributed by atoms with E-state index in [0.717, 1.165) is 0 Å². The van der Waals surface area contributed by atoms with Crippen LogP contribution in [0.15, 0.2) is 72.2 Å². The molecule has 1 aliphatic rings. The van der Waals surface area contributed by atoms with Crippen molar-refractivity contribution in [2.24, 2.45) is 0 Å². The number of methoxy groups -OCH3 is 1. The molecule has 1 N–H and O–H groups in total. The van der Waals surface area contributed by atoms with Crippen molar-refractivity contribution >= 4 is 27.2 Å². The van der Waals surface area contributed by atoms with Gasteiger partial charge in [0.05, 0.1) is 12.2 Å². The lowest BCUT2D eigenvalue weighted by molar-refractivity contribution is -0.116. The van der Waals surface area contributed by atoms with Gasteiger partial charge in [0.2, 0.25) is 0 Å². The van der Waals surface area contributed by atoms with E-state index in [4.69, 9.17) is 4.74 Å². The molecule has 29 heavy (non-hydrogen) atoms. The van der Waals surface area contributed by atoms with Crippen LogP contribution in [0.2, 0.25) is 0 Å². The number of nitrogens with zero attached hydrogens (tertiary/aromatic N) is 1. The van der Waals surface area contributed by atoms with Crippen molar-refractivity contribution in [1.82, 2.24) is 5.32 Å². The zero-order chi connectivity index (χ0) is 20.9. The summed E-state index contributed by atoms with van der Waals surface area (Å²) in [5.41, 5.74) is 2.30. The van der Waals surface area contributed by atoms with Crippen LogP contribution in [0.25, 0.3) is 5.57 Å². The van der Waals surface area contributed by atoms with Gasteiger partial charge >= 0.3 is 0 Å². The Bertz CT molecular complexity index is 1030. The van der Waals surface area contributed by atoms with E-state index in [1.165, 1.54) is 10.4 Å². The van der Waals surface area contributed by atoms with Gasteiger partial charge < -0.3 is 10.1 Å². The Morgan fingerprint density at radius 1 is 1.14 bits per heavy atom. The molecule has 1 aliphatic heterocycles. The van der Waals surface area contributed by atoms with Gasteiger partial charge in [0.25, 0.3) is 15.9 Å². The minimum absolute atomic E-state index is 0.0713. The normalized spacial score (nSPS) is 15.0. The predicted octanol–water partition coefficient (Wildman–Crippen LogP) is 2.93. The number of ether oxygens (including phenoxy) is 1. The van der Waals surface area contributed by atoms with Crippen molar-refractivity contribution in [3.63, 3.8) is 0 Å². The number of benzene rings is 2. The van der Waals surface area contributed by atoms with Gasteiger partial charge in [-0.2, -0.15) is 0 Å². The molecule has 0 fully saturated rings. The molecule has 0 aliphatic carbocycles. The number of carbonyl (C=O) groups is 1. The fourth-order valence-corrected chi connectivity index (χ4v) is 5.06. The van der Waals surface area contributed by atoms with Crippen LogP contribution in [-0.4, -0.2) is 41.1 Å². The van der Waals surface area contributed by atoms with Crippen molar-refractivity contribution in [3.8, 4) is 0 Å². The first-order chi connectivity index (χ1) is 14.0. The first-order valence-electron chi connectivity index (χ1n) is 9.32. The molecule has 7 heteroatoms. The van der Waals surface area contributed by atoms with Gasteiger partial charge in [-0.1, -0.05) is 54.6 Å². The predicted molar refractivity (Wildman–Crippen MR) is 115 cm³/mol. The molecule has 2 aromatic rings. The number of hydrogen-bond acceptors (Lipinski definition) is 4. The molecular formula is C22H24N2O4S. The van der Waals surface area contributed by atoms with Gasteiger partial charge in [0.15, 0.2) is 4.91 Å². The smallest absolute Gasteiger partial charge is 0.270 e. The molecule has 0 saturated carbocycles. The fraction of sp³-hybridized carbons (Fsp3) is 0.227. The van der Waals surface area contributed by atoms with Crippen LogP contribution in [-0.2, 0) is 19.6 Å². The molecule has 0 saturated heterocycles. The Hall–Kier alpha value is -2.90. The maximum absolute atomic E-state index is 13.5. The van der Waals surface area contributed by atoms with E-state index in [2.05, 4.69) is 11.9 Å². The van der Waals surface area contributed by atoms with Crippen molar-refractivity contribution in [2.45, 2.75) is 6.42 Å². The van der Waals surface area contributed by atoms with Crippen LogP contribution in [0.4, 0.5) is 5.69 Å². The third kappa shape index (κ3) is 4.11. The van der Waals surface area contributed by atoms with E-state index in [-0.39, 0.29) is 11.4 Å². The topological polar surface area (TPSA) is 75.7 Å². The second-order valence-corrected chi connectivity index (χ2v) is 8.31. The quantitative estimate of drug-likeness (QED) is 0.534. The van der Waals surface area contributed by atoms with E-state index in [1.54, 1.807) is 19.2 Å². The van der Waals surface area contributed by atoms with Crippen LogP contribution in [0.5, 0.6) is 0 Å². The molecule has 0 bridgehead atoms. The number of amides is 1. The maximum Gasteiger partial charge on any atom is 0.270 e. The fourth-order valence-electron chi connectivity index (χ4n) is 3.33. The van der Waals surface area contributed by atoms with Gasteiger partial charge in [-0.15, -0.1) is 6.58 Å². The van der Waals surface area contributed by atoms with Crippen LogP contribution in [0.3, 0.4) is 0 Å². The van der Waals surface area contributed by atoms with E-state index in [1.807, 2.05) is 42.5 Å². The molecule has 0 spiro atoms. The summed E-state index contributed by atoms with van der Waals surface area (Å²) in [7, 11) is -2.50. The maximum atomic E-state index is 13.5. The Kier molecular flexibility index (Phi) is 6.51. The number of hydrogen-bond donors (Lipinski definition) is 1.